The summed E-state index contributed by atoms with van der Waals surface area (Å²) in [5, 5.41) is 11.5. The Morgan fingerprint density at radius 2 is 2.00 bits per heavy atom. The van der Waals surface area contributed by atoms with E-state index in [1.54, 1.807) is 6.33 Å². The predicted octanol–water partition coefficient (Wildman–Crippen LogP) is 2.36. The van der Waals surface area contributed by atoms with E-state index in [0.717, 1.165) is 36.5 Å². The van der Waals surface area contributed by atoms with E-state index in [2.05, 4.69) is 32.6 Å². The number of fused-ring (bicyclic) bond motifs is 2. The molecule has 1 aliphatic carbocycles. The number of nitrogens with zero attached hydrogens (tertiary/aromatic N) is 4. The number of hydrogen-bond acceptors (Lipinski definition) is 4. The molecule has 2 aromatic heterocycles. The molecule has 0 fully saturated rings. The molecule has 0 amide bonds. The van der Waals surface area contributed by atoms with E-state index in [4.69, 9.17) is 0 Å². The number of nitrogens with one attached hydrogen (secondary N) is 1. The molecule has 0 saturated heterocycles. The Bertz CT molecular complexity index is 732. The van der Waals surface area contributed by atoms with Crippen LogP contribution in [0.5, 0.6) is 0 Å². The lowest BCUT2D eigenvalue weighted by Gasteiger charge is -2.12. The summed E-state index contributed by atoms with van der Waals surface area (Å²) in [6, 6.07) is 10.2. The highest BCUT2D eigenvalue weighted by atomic mass is 15.3. The van der Waals surface area contributed by atoms with Gasteiger partial charge >= 0.3 is 0 Å². The summed E-state index contributed by atoms with van der Waals surface area (Å²) in [6.45, 7) is 0. The van der Waals surface area contributed by atoms with Crippen molar-refractivity contribution in [3.63, 3.8) is 0 Å². The largest absolute Gasteiger partial charge is 0.341 e. The average molecular weight is 251 g/mol. The Labute approximate surface area is 110 Å². The molecular formula is C14H13N5. The Kier molecular flexibility index (Phi) is 2.24. The molecule has 0 unspecified atom stereocenters. The van der Waals surface area contributed by atoms with E-state index < -0.39 is 0 Å². The molecule has 0 radical (unpaired) electrons. The quantitative estimate of drug-likeness (QED) is 0.759. The number of benzene rings is 1. The van der Waals surface area contributed by atoms with Gasteiger partial charge in [-0.2, -0.15) is 0 Å². The molecule has 1 N–H and O–H groups in total. The fourth-order valence-electron chi connectivity index (χ4n) is 2.63. The van der Waals surface area contributed by atoms with Gasteiger partial charge in [0.05, 0.1) is 5.69 Å². The normalized spacial score (nSPS) is 13.7. The molecule has 94 valence electrons. The number of aryl methyl sites for hydroxylation is 1. The molecule has 19 heavy (non-hydrogen) atoms. The second-order valence-corrected chi connectivity index (χ2v) is 4.73. The molecule has 1 aliphatic rings. The minimum absolute atomic E-state index is 0.666. The number of anilines is 2. The lowest BCUT2D eigenvalue weighted by Crippen LogP contribution is -2.05. The zero-order valence-electron chi connectivity index (χ0n) is 10.4. The second-order valence-electron chi connectivity index (χ2n) is 4.73. The highest BCUT2D eigenvalue weighted by molar-refractivity contribution is 5.63. The molecule has 1 aromatic carbocycles. The van der Waals surface area contributed by atoms with Gasteiger partial charge in [-0.05, 0) is 31.4 Å². The van der Waals surface area contributed by atoms with Crippen LogP contribution in [0.4, 0.5) is 11.5 Å². The Balaban J connectivity index is 1.90. The molecule has 3 aromatic rings. The Morgan fingerprint density at radius 3 is 2.89 bits per heavy atom. The molecular weight excluding hydrogens is 238 g/mol. The lowest BCUT2D eigenvalue weighted by molar-refractivity contribution is 0.900. The first-order chi connectivity index (χ1) is 9.42. The summed E-state index contributed by atoms with van der Waals surface area (Å²) in [6.07, 6.45) is 4.96. The van der Waals surface area contributed by atoms with Crippen molar-refractivity contribution in [2.45, 2.75) is 19.3 Å². The van der Waals surface area contributed by atoms with Gasteiger partial charge in [0.25, 0.3) is 5.78 Å². The lowest BCUT2D eigenvalue weighted by atomic mass is 10.2. The van der Waals surface area contributed by atoms with Crippen LogP contribution in [0.2, 0.25) is 0 Å². The van der Waals surface area contributed by atoms with Crippen LogP contribution in [0, 0.1) is 0 Å². The molecule has 5 heteroatoms. The van der Waals surface area contributed by atoms with Gasteiger partial charge < -0.3 is 5.32 Å². The fourth-order valence-corrected chi connectivity index (χ4v) is 2.63. The van der Waals surface area contributed by atoms with Crippen molar-refractivity contribution >= 4 is 17.3 Å². The summed E-state index contributed by atoms with van der Waals surface area (Å²) < 4.78 is 1.93. The molecule has 0 saturated carbocycles. The van der Waals surface area contributed by atoms with Crippen LogP contribution in [0.15, 0.2) is 36.7 Å². The van der Waals surface area contributed by atoms with E-state index in [1.165, 1.54) is 5.56 Å². The summed E-state index contributed by atoms with van der Waals surface area (Å²) in [5.41, 5.74) is 3.51. The molecule has 0 spiro atoms. The second kappa shape index (κ2) is 4.05. The molecule has 0 atom stereocenters. The van der Waals surface area contributed by atoms with Crippen molar-refractivity contribution in [1.82, 2.24) is 19.6 Å². The van der Waals surface area contributed by atoms with Gasteiger partial charge in [0.1, 0.15) is 12.1 Å². The standard InChI is InChI=1S/C14H13N5/c1-2-5-10(6-3-1)16-13-11-7-4-8-12(11)17-14-18-15-9-19(13)14/h1-3,5-6,9,16H,4,7-8H2. The summed E-state index contributed by atoms with van der Waals surface area (Å²) in [7, 11) is 0. The summed E-state index contributed by atoms with van der Waals surface area (Å²) in [5.74, 6) is 1.72. The highest BCUT2D eigenvalue weighted by Crippen LogP contribution is 2.30. The van der Waals surface area contributed by atoms with E-state index in [0.29, 0.717) is 5.78 Å². The first-order valence-corrected chi connectivity index (χ1v) is 6.45. The third-order valence-electron chi connectivity index (χ3n) is 3.52. The van der Waals surface area contributed by atoms with Gasteiger partial charge in [0.2, 0.25) is 0 Å². The van der Waals surface area contributed by atoms with Gasteiger partial charge in [0.15, 0.2) is 0 Å². The van der Waals surface area contributed by atoms with Crippen LogP contribution >= 0.6 is 0 Å². The molecule has 2 heterocycles. The van der Waals surface area contributed by atoms with E-state index in [9.17, 15) is 0 Å². The first-order valence-electron chi connectivity index (χ1n) is 6.45. The van der Waals surface area contributed by atoms with Crippen molar-refractivity contribution in [3.05, 3.63) is 47.9 Å². The van der Waals surface area contributed by atoms with E-state index in [1.807, 2.05) is 22.6 Å². The summed E-state index contributed by atoms with van der Waals surface area (Å²) in [4.78, 5) is 4.57. The van der Waals surface area contributed by atoms with Crippen molar-refractivity contribution in [1.29, 1.82) is 0 Å². The zero-order chi connectivity index (χ0) is 12.7. The van der Waals surface area contributed by atoms with Crippen LogP contribution in [-0.2, 0) is 12.8 Å². The van der Waals surface area contributed by atoms with E-state index in [-0.39, 0.29) is 0 Å². The fraction of sp³-hybridized carbons (Fsp3) is 0.214. The van der Waals surface area contributed by atoms with Crippen LogP contribution < -0.4 is 5.32 Å². The minimum Gasteiger partial charge on any atom is -0.341 e. The van der Waals surface area contributed by atoms with Crippen molar-refractivity contribution < 1.29 is 0 Å². The van der Waals surface area contributed by atoms with Gasteiger partial charge in [-0.1, -0.05) is 18.2 Å². The third kappa shape index (κ3) is 1.66. The van der Waals surface area contributed by atoms with Crippen molar-refractivity contribution in [2.24, 2.45) is 0 Å². The molecule has 0 aliphatic heterocycles. The summed E-state index contributed by atoms with van der Waals surface area (Å²) >= 11 is 0. The molecule has 0 bridgehead atoms. The number of aromatic nitrogens is 4. The van der Waals surface area contributed by atoms with Gasteiger partial charge in [-0.3, -0.25) is 4.40 Å². The maximum Gasteiger partial charge on any atom is 0.256 e. The first kappa shape index (κ1) is 10.5. The predicted molar refractivity (Wildman–Crippen MR) is 72.5 cm³/mol. The van der Waals surface area contributed by atoms with Crippen LogP contribution in [-0.4, -0.2) is 19.6 Å². The van der Waals surface area contributed by atoms with Crippen LogP contribution in [0.25, 0.3) is 5.78 Å². The molecule has 5 nitrogen and oxygen atoms in total. The minimum atomic E-state index is 0.666. The maximum atomic E-state index is 4.57. The van der Waals surface area contributed by atoms with Crippen LogP contribution in [0.1, 0.15) is 17.7 Å². The SMILES string of the molecule is c1ccc(Nc2c3c(nc4nncn24)CCC3)cc1. The highest BCUT2D eigenvalue weighted by Gasteiger charge is 2.20. The number of rotatable bonds is 2. The zero-order valence-corrected chi connectivity index (χ0v) is 10.4. The van der Waals surface area contributed by atoms with Crippen molar-refractivity contribution in [2.75, 3.05) is 5.32 Å². The van der Waals surface area contributed by atoms with E-state index >= 15 is 0 Å². The monoisotopic (exact) mass is 251 g/mol. The van der Waals surface area contributed by atoms with Crippen LogP contribution in [0.3, 0.4) is 0 Å². The molecule has 4 rings (SSSR count). The Morgan fingerprint density at radius 1 is 1.11 bits per heavy atom. The third-order valence-corrected chi connectivity index (χ3v) is 3.52. The van der Waals surface area contributed by atoms with Gasteiger partial charge in [-0.25, -0.2) is 4.98 Å². The topological polar surface area (TPSA) is 55.1 Å². The number of para-hydroxylation sites is 1. The Hall–Kier alpha value is -2.43. The average Bonchev–Trinajstić information content (AvgIpc) is 3.08. The number of hydrogen-bond donors (Lipinski definition) is 1. The maximum absolute atomic E-state index is 4.57. The van der Waals surface area contributed by atoms with Gasteiger partial charge in [-0.15, -0.1) is 10.2 Å². The smallest absolute Gasteiger partial charge is 0.256 e. The van der Waals surface area contributed by atoms with Crippen molar-refractivity contribution in [3.8, 4) is 0 Å². The van der Waals surface area contributed by atoms with Gasteiger partial charge in [0, 0.05) is 11.3 Å².